The summed E-state index contributed by atoms with van der Waals surface area (Å²) >= 11 is 0. The number of hydrogen-bond acceptors (Lipinski definition) is 4. The molecule has 6 nitrogen and oxygen atoms in total. The van der Waals surface area contributed by atoms with Crippen molar-refractivity contribution >= 4 is 5.82 Å². The van der Waals surface area contributed by atoms with Crippen LogP contribution in [0.5, 0.6) is 5.75 Å². The van der Waals surface area contributed by atoms with Crippen molar-refractivity contribution in [2.24, 2.45) is 0 Å². The van der Waals surface area contributed by atoms with E-state index in [0.717, 1.165) is 6.20 Å². The molecule has 0 atom stereocenters. The number of phenolic OH excluding ortho intramolecular Hbond substituents is 1. The van der Waals surface area contributed by atoms with Crippen molar-refractivity contribution in [2.45, 2.75) is 0 Å². The van der Waals surface area contributed by atoms with Gasteiger partial charge < -0.3 is 15.2 Å². The van der Waals surface area contributed by atoms with Gasteiger partial charge in [-0.15, -0.1) is 0 Å². The molecule has 1 aromatic heterocycles. The van der Waals surface area contributed by atoms with Gasteiger partial charge in [0.1, 0.15) is 11.9 Å². The molecule has 2 N–H and O–H groups in total. The molecule has 0 aliphatic heterocycles. The summed E-state index contributed by atoms with van der Waals surface area (Å²) in [4.78, 5) is 16.2. The Morgan fingerprint density at radius 1 is 1.47 bits per heavy atom. The lowest BCUT2D eigenvalue weighted by Crippen LogP contribution is -1.87. The Balaban J connectivity index is 2.41. The Kier molecular flexibility index (Phi) is 2.09. The van der Waals surface area contributed by atoms with Crippen LogP contribution in [0.4, 0.5) is 5.82 Å². The van der Waals surface area contributed by atoms with E-state index in [-0.39, 0.29) is 11.6 Å². The van der Waals surface area contributed by atoms with Crippen LogP contribution in [0, 0.1) is 10.1 Å². The molecule has 0 radical (unpaired) electrons. The Hall–Kier alpha value is -2.37. The molecule has 15 heavy (non-hydrogen) atoms. The molecule has 6 heteroatoms. The first-order valence-electron chi connectivity index (χ1n) is 4.15. The fraction of sp³-hybridized carbons (Fsp3) is 0. The maximum Gasteiger partial charge on any atom is 0.340 e. The highest BCUT2D eigenvalue weighted by atomic mass is 16.6. The lowest BCUT2D eigenvalue weighted by molar-refractivity contribution is -0.389. The zero-order chi connectivity index (χ0) is 10.8. The maximum absolute atomic E-state index is 10.4. The molecular weight excluding hydrogens is 198 g/mol. The van der Waals surface area contributed by atoms with Crippen LogP contribution in [-0.2, 0) is 0 Å². The second-order valence-corrected chi connectivity index (χ2v) is 2.92. The quantitative estimate of drug-likeness (QED) is 0.576. The van der Waals surface area contributed by atoms with Gasteiger partial charge in [0.15, 0.2) is 0 Å². The highest BCUT2D eigenvalue weighted by molar-refractivity contribution is 5.58. The minimum atomic E-state index is -0.556. The zero-order valence-corrected chi connectivity index (χ0v) is 7.54. The summed E-state index contributed by atoms with van der Waals surface area (Å²) in [5, 5.41) is 19.6. The SMILES string of the molecule is O=[N+]([O-])c1cnc(-c2cccc(O)c2)[nH]1. The van der Waals surface area contributed by atoms with Gasteiger partial charge in [-0.05, 0) is 23.1 Å². The van der Waals surface area contributed by atoms with E-state index in [4.69, 9.17) is 0 Å². The second kappa shape index (κ2) is 3.41. The lowest BCUT2D eigenvalue weighted by Gasteiger charge is -1.94. The molecule has 1 aromatic carbocycles. The normalized spacial score (nSPS) is 10.1. The first-order valence-corrected chi connectivity index (χ1v) is 4.15. The van der Waals surface area contributed by atoms with E-state index in [2.05, 4.69) is 9.97 Å². The van der Waals surface area contributed by atoms with Crippen molar-refractivity contribution in [1.82, 2.24) is 9.97 Å². The van der Waals surface area contributed by atoms with Crippen molar-refractivity contribution in [2.75, 3.05) is 0 Å². The number of nitrogens with zero attached hydrogens (tertiary/aromatic N) is 2. The number of phenols is 1. The molecule has 1 heterocycles. The molecular formula is C9H7N3O3. The summed E-state index contributed by atoms with van der Waals surface area (Å²) in [6.07, 6.45) is 1.14. The molecule has 76 valence electrons. The fourth-order valence-electron chi connectivity index (χ4n) is 1.20. The van der Waals surface area contributed by atoms with Crippen LogP contribution in [0.15, 0.2) is 30.5 Å². The second-order valence-electron chi connectivity index (χ2n) is 2.92. The molecule has 0 spiro atoms. The van der Waals surface area contributed by atoms with Crippen LogP contribution in [-0.4, -0.2) is 20.0 Å². The van der Waals surface area contributed by atoms with Crippen molar-refractivity contribution in [1.29, 1.82) is 0 Å². The third-order valence-corrected chi connectivity index (χ3v) is 1.88. The number of nitrogens with one attached hydrogen (secondary N) is 1. The monoisotopic (exact) mass is 205 g/mol. The van der Waals surface area contributed by atoms with Gasteiger partial charge in [0, 0.05) is 5.56 Å². The first-order chi connectivity index (χ1) is 7.16. The van der Waals surface area contributed by atoms with Crippen LogP contribution in [0.1, 0.15) is 0 Å². The molecule has 2 rings (SSSR count). The molecule has 0 aliphatic carbocycles. The zero-order valence-electron chi connectivity index (χ0n) is 7.54. The van der Waals surface area contributed by atoms with Crippen LogP contribution < -0.4 is 0 Å². The minimum Gasteiger partial charge on any atom is -0.508 e. The van der Waals surface area contributed by atoms with Gasteiger partial charge in [0.05, 0.1) is 0 Å². The Labute approximate surface area is 84.4 Å². The number of rotatable bonds is 2. The van der Waals surface area contributed by atoms with Gasteiger partial charge in [-0.25, -0.2) is 9.97 Å². The molecule has 0 saturated carbocycles. The number of benzene rings is 1. The van der Waals surface area contributed by atoms with E-state index in [1.807, 2.05) is 0 Å². The van der Waals surface area contributed by atoms with Crippen molar-refractivity contribution < 1.29 is 10.0 Å². The minimum absolute atomic E-state index is 0.0894. The Bertz CT molecular complexity index is 507. The maximum atomic E-state index is 10.4. The van der Waals surface area contributed by atoms with Gasteiger partial charge in [-0.3, -0.25) is 0 Å². The molecule has 0 amide bonds. The Morgan fingerprint density at radius 2 is 2.27 bits per heavy atom. The highest BCUT2D eigenvalue weighted by Gasteiger charge is 2.11. The number of aromatic hydroxyl groups is 1. The van der Waals surface area contributed by atoms with Gasteiger partial charge >= 0.3 is 5.82 Å². The van der Waals surface area contributed by atoms with Gasteiger partial charge in [-0.2, -0.15) is 0 Å². The number of imidazole rings is 1. The van der Waals surface area contributed by atoms with E-state index >= 15 is 0 Å². The van der Waals surface area contributed by atoms with E-state index in [0.29, 0.717) is 11.4 Å². The summed E-state index contributed by atoms with van der Waals surface area (Å²) in [6.45, 7) is 0. The third kappa shape index (κ3) is 1.78. The fourth-order valence-corrected chi connectivity index (χ4v) is 1.20. The summed E-state index contributed by atoms with van der Waals surface area (Å²) in [5.74, 6) is 0.275. The standard InChI is InChI=1S/C9H7N3O3/c13-7-3-1-2-6(4-7)9-10-5-8(11-9)12(14)15/h1-5,13H,(H,10,11). The molecule has 0 bridgehead atoms. The van der Waals surface area contributed by atoms with Crippen LogP contribution >= 0.6 is 0 Å². The third-order valence-electron chi connectivity index (χ3n) is 1.88. The summed E-state index contributed by atoms with van der Waals surface area (Å²) in [6, 6.07) is 6.32. The predicted octanol–water partition coefficient (Wildman–Crippen LogP) is 1.69. The molecule has 0 saturated heterocycles. The van der Waals surface area contributed by atoms with E-state index in [1.54, 1.807) is 12.1 Å². The topological polar surface area (TPSA) is 92.1 Å². The van der Waals surface area contributed by atoms with E-state index in [9.17, 15) is 15.2 Å². The number of aromatic nitrogens is 2. The number of H-pyrrole nitrogens is 1. The molecule has 0 aliphatic rings. The largest absolute Gasteiger partial charge is 0.508 e. The number of nitro groups is 1. The molecule has 0 fully saturated rings. The van der Waals surface area contributed by atoms with Crippen LogP contribution in [0.2, 0.25) is 0 Å². The van der Waals surface area contributed by atoms with Gasteiger partial charge in [-0.1, -0.05) is 6.07 Å². The summed E-state index contributed by atoms with van der Waals surface area (Å²) in [7, 11) is 0. The highest BCUT2D eigenvalue weighted by Crippen LogP contribution is 2.21. The smallest absolute Gasteiger partial charge is 0.340 e. The number of aromatic amines is 1. The summed E-state index contributed by atoms with van der Waals surface area (Å²) in [5.41, 5.74) is 0.600. The van der Waals surface area contributed by atoms with Crippen molar-refractivity contribution in [3.8, 4) is 17.1 Å². The molecule has 0 unspecified atom stereocenters. The first kappa shape index (κ1) is 9.20. The number of hydrogen-bond donors (Lipinski definition) is 2. The predicted molar refractivity (Wildman–Crippen MR) is 52.3 cm³/mol. The average molecular weight is 205 g/mol. The van der Waals surface area contributed by atoms with Gasteiger partial charge in [0.25, 0.3) is 0 Å². The van der Waals surface area contributed by atoms with Crippen molar-refractivity contribution in [3.63, 3.8) is 0 Å². The molecule has 2 aromatic rings. The summed E-state index contributed by atoms with van der Waals surface area (Å²) < 4.78 is 0. The lowest BCUT2D eigenvalue weighted by atomic mass is 10.2. The van der Waals surface area contributed by atoms with E-state index < -0.39 is 4.92 Å². The average Bonchev–Trinajstić information content (AvgIpc) is 2.66. The van der Waals surface area contributed by atoms with Crippen LogP contribution in [0.3, 0.4) is 0 Å². The van der Waals surface area contributed by atoms with Gasteiger partial charge in [0.2, 0.25) is 5.82 Å². The van der Waals surface area contributed by atoms with Crippen LogP contribution in [0.25, 0.3) is 11.4 Å². The Morgan fingerprint density at radius 3 is 2.87 bits per heavy atom. The van der Waals surface area contributed by atoms with Crippen molar-refractivity contribution in [3.05, 3.63) is 40.6 Å². The van der Waals surface area contributed by atoms with E-state index in [1.165, 1.54) is 12.1 Å².